The lowest BCUT2D eigenvalue weighted by Crippen LogP contribution is -2.47. The van der Waals surface area contributed by atoms with Crippen molar-refractivity contribution in [2.75, 3.05) is 39.3 Å². The third-order valence-corrected chi connectivity index (χ3v) is 6.64. The topological polar surface area (TPSA) is 52.7 Å². The number of Topliss-reactive ketones (excluding diaryl/α,β-unsaturated/α-hetero) is 1. The second kappa shape index (κ2) is 11.7. The summed E-state index contributed by atoms with van der Waals surface area (Å²) in [7, 11) is 0. The Bertz CT molecular complexity index is 822. The molecule has 172 valence electrons. The predicted octanol–water partition coefficient (Wildman–Crippen LogP) is 3.05. The quantitative estimate of drug-likeness (QED) is 0.476. The highest BCUT2D eigenvalue weighted by molar-refractivity contribution is 7.81. The first-order chi connectivity index (χ1) is 14.0. The standard InChI is InChI=1S/C22H28FN3O2S.2ClH/c23-18-4-2-1-3-17(18)21(22(28)15-5-6-15)26-11-8-19(29)16(13-26)7-10-25-12-9-24-20(27)14-25;;/h1-4,7,15,19,21,29H,5-6,8-14H2,(H,24,27);2*1H/b16-7-;;. The van der Waals surface area contributed by atoms with Gasteiger partial charge in [0.25, 0.3) is 0 Å². The molecule has 3 aliphatic rings. The van der Waals surface area contributed by atoms with Gasteiger partial charge in [0, 0.05) is 49.5 Å². The zero-order valence-corrected chi connectivity index (χ0v) is 19.9. The summed E-state index contributed by atoms with van der Waals surface area (Å²) in [6.45, 7) is 3.91. The molecule has 1 N–H and O–H groups in total. The number of amides is 1. The number of piperazine rings is 1. The van der Waals surface area contributed by atoms with E-state index < -0.39 is 6.04 Å². The van der Waals surface area contributed by atoms with Crippen LogP contribution in [0.5, 0.6) is 0 Å². The van der Waals surface area contributed by atoms with Crippen molar-refractivity contribution >= 4 is 49.1 Å². The van der Waals surface area contributed by atoms with Crippen LogP contribution in [0, 0.1) is 11.7 Å². The predicted molar refractivity (Wildman–Crippen MR) is 128 cm³/mol. The summed E-state index contributed by atoms with van der Waals surface area (Å²) in [6, 6.07) is 6.11. The van der Waals surface area contributed by atoms with E-state index >= 15 is 0 Å². The van der Waals surface area contributed by atoms with Gasteiger partial charge in [0.05, 0.1) is 12.6 Å². The van der Waals surface area contributed by atoms with Crippen molar-refractivity contribution in [2.24, 2.45) is 5.92 Å². The van der Waals surface area contributed by atoms with E-state index in [2.05, 4.69) is 21.2 Å². The second-order valence-electron chi connectivity index (χ2n) is 8.24. The van der Waals surface area contributed by atoms with Crippen LogP contribution in [0.1, 0.15) is 30.9 Å². The zero-order valence-electron chi connectivity index (χ0n) is 17.3. The number of likely N-dealkylation sites (tertiary alicyclic amines) is 1. The number of thiol groups is 1. The van der Waals surface area contributed by atoms with Gasteiger partial charge in [-0.2, -0.15) is 12.6 Å². The summed E-state index contributed by atoms with van der Waals surface area (Å²) in [5.41, 5.74) is 1.63. The lowest BCUT2D eigenvalue weighted by Gasteiger charge is -2.38. The molecular weight excluding hydrogens is 460 g/mol. The van der Waals surface area contributed by atoms with Crippen LogP contribution in [0.15, 0.2) is 35.9 Å². The summed E-state index contributed by atoms with van der Waals surface area (Å²) >= 11 is 4.74. The van der Waals surface area contributed by atoms with Crippen LogP contribution in [0.4, 0.5) is 4.39 Å². The molecular formula is C22H30Cl2FN3O2S. The van der Waals surface area contributed by atoms with E-state index in [-0.39, 0.29) is 53.5 Å². The van der Waals surface area contributed by atoms with Gasteiger partial charge in [0.2, 0.25) is 5.91 Å². The molecule has 31 heavy (non-hydrogen) atoms. The van der Waals surface area contributed by atoms with Crippen molar-refractivity contribution in [1.82, 2.24) is 15.1 Å². The summed E-state index contributed by atoms with van der Waals surface area (Å²) in [5.74, 6) is -0.0614. The summed E-state index contributed by atoms with van der Waals surface area (Å²) in [5, 5.41) is 2.96. The lowest BCUT2D eigenvalue weighted by molar-refractivity contribution is -0.126. The molecule has 0 radical (unpaired) electrons. The zero-order chi connectivity index (χ0) is 20.4. The Hall–Kier alpha value is -1.12. The number of carbonyl (C=O) groups excluding carboxylic acids is 2. The first kappa shape index (κ1) is 26.1. The highest BCUT2D eigenvalue weighted by Crippen LogP contribution is 2.39. The van der Waals surface area contributed by atoms with E-state index in [1.807, 2.05) is 0 Å². The normalized spacial score (nSPS) is 24.6. The number of nitrogens with zero attached hydrogens (tertiary/aromatic N) is 2. The first-order valence-electron chi connectivity index (χ1n) is 10.4. The number of halogens is 3. The molecule has 1 aromatic carbocycles. The van der Waals surface area contributed by atoms with E-state index in [1.165, 1.54) is 6.07 Å². The lowest BCUT2D eigenvalue weighted by atomic mass is 9.93. The molecule has 2 unspecified atom stereocenters. The van der Waals surface area contributed by atoms with Crippen LogP contribution in [0.2, 0.25) is 0 Å². The Labute approximate surface area is 201 Å². The van der Waals surface area contributed by atoms with Crippen LogP contribution < -0.4 is 5.32 Å². The highest BCUT2D eigenvalue weighted by Gasteiger charge is 2.40. The van der Waals surface area contributed by atoms with Crippen LogP contribution >= 0.6 is 37.4 Å². The van der Waals surface area contributed by atoms with E-state index in [1.54, 1.807) is 18.2 Å². The number of benzene rings is 1. The van der Waals surface area contributed by atoms with Gasteiger partial charge < -0.3 is 5.32 Å². The average Bonchev–Trinajstić information content (AvgIpc) is 3.55. The Morgan fingerprint density at radius 2 is 1.94 bits per heavy atom. The fourth-order valence-electron chi connectivity index (χ4n) is 4.22. The van der Waals surface area contributed by atoms with Crippen molar-refractivity contribution in [3.8, 4) is 0 Å². The smallest absolute Gasteiger partial charge is 0.234 e. The van der Waals surface area contributed by atoms with Crippen LogP contribution in [0.3, 0.4) is 0 Å². The minimum atomic E-state index is -0.534. The molecule has 9 heteroatoms. The largest absolute Gasteiger partial charge is 0.354 e. The van der Waals surface area contributed by atoms with Gasteiger partial charge in [-0.05, 0) is 30.9 Å². The molecule has 1 aromatic rings. The third-order valence-electron chi connectivity index (χ3n) is 6.05. The van der Waals surface area contributed by atoms with Gasteiger partial charge in [0.15, 0.2) is 5.78 Å². The molecule has 0 spiro atoms. The second-order valence-corrected chi connectivity index (χ2v) is 8.86. The minimum absolute atomic E-state index is 0. The summed E-state index contributed by atoms with van der Waals surface area (Å²) < 4.78 is 14.6. The molecule has 2 heterocycles. The Balaban J connectivity index is 0.00000171. The number of hydrogen-bond donors (Lipinski definition) is 2. The number of carbonyl (C=O) groups is 2. The molecule has 5 nitrogen and oxygen atoms in total. The highest BCUT2D eigenvalue weighted by atomic mass is 35.5. The Kier molecular flexibility index (Phi) is 9.83. The maximum Gasteiger partial charge on any atom is 0.234 e. The van der Waals surface area contributed by atoms with Crippen molar-refractivity contribution in [1.29, 1.82) is 0 Å². The minimum Gasteiger partial charge on any atom is -0.354 e. The monoisotopic (exact) mass is 489 g/mol. The summed E-state index contributed by atoms with van der Waals surface area (Å²) in [6.07, 6.45) is 4.78. The van der Waals surface area contributed by atoms with Crippen molar-refractivity contribution < 1.29 is 14.0 Å². The molecule has 2 aliphatic heterocycles. The number of ketones is 1. The van der Waals surface area contributed by atoms with Gasteiger partial charge in [-0.3, -0.25) is 19.4 Å². The maximum atomic E-state index is 14.6. The van der Waals surface area contributed by atoms with Crippen LogP contribution in [0.25, 0.3) is 0 Å². The number of hydrogen-bond acceptors (Lipinski definition) is 5. The number of rotatable bonds is 6. The van der Waals surface area contributed by atoms with Gasteiger partial charge in [-0.25, -0.2) is 4.39 Å². The molecule has 2 saturated heterocycles. The molecule has 0 bridgehead atoms. The fraction of sp³-hybridized carbons (Fsp3) is 0.545. The summed E-state index contributed by atoms with van der Waals surface area (Å²) in [4.78, 5) is 28.9. The number of nitrogens with one attached hydrogen (secondary N) is 1. The van der Waals surface area contributed by atoms with E-state index in [0.717, 1.165) is 37.9 Å². The van der Waals surface area contributed by atoms with E-state index in [4.69, 9.17) is 12.6 Å². The number of piperidine rings is 1. The Morgan fingerprint density at radius 3 is 2.61 bits per heavy atom. The van der Waals surface area contributed by atoms with Crippen molar-refractivity contribution in [3.63, 3.8) is 0 Å². The van der Waals surface area contributed by atoms with Gasteiger partial charge in [-0.1, -0.05) is 24.3 Å². The molecule has 3 fully saturated rings. The Morgan fingerprint density at radius 1 is 1.19 bits per heavy atom. The van der Waals surface area contributed by atoms with Gasteiger partial charge in [-0.15, -0.1) is 24.8 Å². The van der Waals surface area contributed by atoms with E-state index in [0.29, 0.717) is 31.7 Å². The molecule has 4 rings (SSSR count). The molecule has 2 atom stereocenters. The molecule has 1 aliphatic carbocycles. The van der Waals surface area contributed by atoms with Gasteiger partial charge >= 0.3 is 0 Å². The van der Waals surface area contributed by atoms with Crippen LogP contribution in [-0.2, 0) is 9.59 Å². The maximum absolute atomic E-state index is 14.6. The van der Waals surface area contributed by atoms with E-state index in [9.17, 15) is 14.0 Å². The van der Waals surface area contributed by atoms with Crippen LogP contribution in [-0.4, -0.2) is 66.0 Å². The molecule has 0 aromatic heterocycles. The molecule has 1 saturated carbocycles. The third kappa shape index (κ3) is 6.45. The fourth-order valence-corrected chi connectivity index (χ4v) is 4.53. The average molecular weight is 490 g/mol. The van der Waals surface area contributed by atoms with Gasteiger partial charge in [0.1, 0.15) is 5.82 Å². The van der Waals surface area contributed by atoms with Crippen molar-refractivity contribution in [2.45, 2.75) is 30.6 Å². The van der Waals surface area contributed by atoms with Crippen molar-refractivity contribution in [3.05, 3.63) is 47.3 Å². The SMILES string of the molecule is Cl.Cl.O=C1CN(C/C=C2/CN(C(C(=O)C3CC3)c3ccccc3F)CCC2S)CCN1. The first-order valence-corrected chi connectivity index (χ1v) is 10.9. The molecule has 1 amide bonds.